The monoisotopic (exact) mass is 306 g/mol. The lowest BCUT2D eigenvalue weighted by Crippen LogP contribution is -2.23. The maximum absolute atomic E-state index is 13.5. The molecule has 2 aromatic rings. The van der Waals surface area contributed by atoms with E-state index in [1.807, 2.05) is 19.1 Å². The number of anilines is 2. The second-order valence-corrected chi connectivity index (χ2v) is 4.70. The molecule has 0 fully saturated rings. The van der Waals surface area contributed by atoms with Gasteiger partial charge in [-0.25, -0.2) is 8.78 Å². The Morgan fingerprint density at radius 2 is 1.86 bits per heavy atom. The van der Waals surface area contributed by atoms with Gasteiger partial charge < -0.3 is 15.4 Å². The van der Waals surface area contributed by atoms with Gasteiger partial charge in [0.1, 0.15) is 23.1 Å². The van der Waals surface area contributed by atoms with Crippen LogP contribution in [-0.2, 0) is 4.79 Å². The molecular weight excluding hydrogens is 290 g/mol. The SMILES string of the molecule is COc1ccc(C)cc1NCC(=O)Nc1c(F)cccc1F. The zero-order chi connectivity index (χ0) is 16.1. The molecule has 0 atom stereocenters. The number of hydrogen-bond acceptors (Lipinski definition) is 3. The van der Waals surface area contributed by atoms with Crippen LogP contribution in [0.25, 0.3) is 0 Å². The fraction of sp³-hybridized carbons (Fsp3) is 0.188. The summed E-state index contributed by atoms with van der Waals surface area (Å²) in [5, 5.41) is 5.09. The molecule has 0 unspecified atom stereocenters. The van der Waals surface area contributed by atoms with Crippen molar-refractivity contribution in [3.05, 3.63) is 53.6 Å². The van der Waals surface area contributed by atoms with E-state index in [1.54, 1.807) is 6.07 Å². The highest BCUT2D eigenvalue weighted by atomic mass is 19.1. The molecular formula is C16H16F2N2O2. The summed E-state index contributed by atoms with van der Waals surface area (Å²) in [5.41, 5.74) is 1.17. The van der Waals surface area contributed by atoms with Crippen LogP contribution in [0, 0.1) is 18.6 Å². The van der Waals surface area contributed by atoms with Gasteiger partial charge in [0.05, 0.1) is 19.3 Å². The molecule has 4 nitrogen and oxygen atoms in total. The quantitative estimate of drug-likeness (QED) is 0.891. The molecule has 1 amide bonds. The molecule has 0 aromatic heterocycles. The van der Waals surface area contributed by atoms with Gasteiger partial charge in [0.2, 0.25) is 5.91 Å². The molecule has 6 heteroatoms. The topological polar surface area (TPSA) is 50.4 Å². The van der Waals surface area contributed by atoms with E-state index in [4.69, 9.17) is 4.74 Å². The van der Waals surface area contributed by atoms with Crippen LogP contribution < -0.4 is 15.4 Å². The third-order valence-corrected chi connectivity index (χ3v) is 3.02. The number of aryl methyl sites for hydroxylation is 1. The molecule has 0 spiro atoms. The van der Waals surface area contributed by atoms with Gasteiger partial charge in [0.25, 0.3) is 0 Å². The molecule has 0 saturated carbocycles. The highest BCUT2D eigenvalue weighted by molar-refractivity contribution is 5.94. The van der Waals surface area contributed by atoms with Gasteiger partial charge in [-0.05, 0) is 36.8 Å². The minimum absolute atomic E-state index is 0.145. The van der Waals surface area contributed by atoms with Crippen LogP contribution in [-0.4, -0.2) is 19.6 Å². The van der Waals surface area contributed by atoms with Crippen LogP contribution >= 0.6 is 0 Å². The first-order chi connectivity index (χ1) is 10.5. The maximum Gasteiger partial charge on any atom is 0.243 e. The first-order valence-electron chi connectivity index (χ1n) is 6.63. The predicted molar refractivity (Wildman–Crippen MR) is 81.2 cm³/mol. The van der Waals surface area contributed by atoms with E-state index in [9.17, 15) is 13.6 Å². The number of rotatable bonds is 5. The number of benzene rings is 2. The summed E-state index contributed by atoms with van der Waals surface area (Å²) in [4.78, 5) is 11.8. The van der Waals surface area contributed by atoms with Crippen molar-refractivity contribution >= 4 is 17.3 Å². The van der Waals surface area contributed by atoms with E-state index < -0.39 is 23.2 Å². The van der Waals surface area contributed by atoms with E-state index in [2.05, 4.69) is 10.6 Å². The first kappa shape index (κ1) is 15.8. The molecule has 0 aliphatic heterocycles. The standard InChI is InChI=1S/C16H16F2N2O2/c1-10-6-7-14(22-2)13(8-10)19-9-15(21)20-16-11(17)4-3-5-12(16)18/h3-8,19H,9H2,1-2H3,(H,20,21). The predicted octanol–water partition coefficient (Wildman–Crippen LogP) is 3.33. The molecule has 0 saturated heterocycles. The van der Waals surface area contributed by atoms with Gasteiger partial charge in [0.15, 0.2) is 0 Å². The largest absolute Gasteiger partial charge is 0.495 e. The number of para-hydroxylation sites is 1. The zero-order valence-corrected chi connectivity index (χ0v) is 12.2. The molecule has 2 aromatic carbocycles. The number of nitrogens with one attached hydrogen (secondary N) is 2. The van der Waals surface area contributed by atoms with Crippen LogP contribution in [0.5, 0.6) is 5.75 Å². The van der Waals surface area contributed by atoms with Crippen molar-refractivity contribution in [1.29, 1.82) is 0 Å². The third-order valence-electron chi connectivity index (χ3n) is 3.02. The lowest BCUT2D eigenvalue weighted by Gasteiger charge is -2.12. The molecule has 0 bridgehead atoms. The van der Waals surface area contributed by atoms with Gasteiger partial charge in [-0.2, -0.15) is 0 Å². The number of carbonyl (C=O) groups is 1. The van der Waals surface area contributed by atoms with Crippen molar-refractivity contribution in [2.45, 2.75) is 6.92 Å². The van der Waals surface area contributed by atoms with Gasteiger partial charge in [-0.1, -0.05) is 12.1 Å². The van der Waals surface area contributed by atoms with Crippen LogP contribution in [0.2, 0.25) is 0 Å². The Labute approximate surface area is 127 Å². The van der Waals surface area contributed by atoms with Crippen LogP contribution in [0.3, 0.4) is 0 Å². The summed E-state index contributed by atoms with van der Waals surface area (Å²) in [6.45, 7) is 1.76. The Morgan fingerprint density at radius 3 is 2.50 bits per heavy atom. The van der Waals surface area contributed by atoms with Crippen molar-refractivity contribution in [2.24, 2.45) is 0 Å². The summed E-state index contributed by atoms with van der Waals surface area (Å²) in [7, 11) is 1.52. The van der Waals surface area contributed by atoms with E-state index >= 15 is 0 Å². The molecule has 22 heavy (non-hydrogen) atoms. The van der Waals surface area contributed by atoms with Gasteiger partial charge in [-0.3, -0.25) is 4.79 Å². The summed E-state index contributed by atoms with van der Waals surface area (Å²) in [6.07, 6.45) is 0. The first-order valence-corrected chi connectivity index (χ1v) is 6.63. The number of halogens is 2. The molecule has 2 rings (SSSR count). The fourth-order valence-corrected chi connectivity index (χ4v) is 1.94. The summed E-state index contributed by atoms with van der Waals surface area (Å²) in [6, 6.07) is 8.85. The highest BCUT2D eigenvalue weighted by Crippen LogP contribution is 2.25. The lowest BCUT2D eigenvalue weighted by atomic mass is 10.2. The molecule has 0 aliphatic rings. The Balaban J connectivity index is 2.03. The van der Waals surface area contributed by atoms with Crippen molar-refractivity contribution in [1.82, 2.24) is 0 Å². The van der Waals surface area contributed by atoms with Gasteiger partial charge in [-0.15, -0.1) is 0 Å². The van der Waals surface area contributed by atoms with Gasteiger partial charge in [0, 0.05) is 0 Å². The Morgan fingerprint density at radius 1 is 1.18 bits per heavy atom. The number of amides is 1. The van der Waals surface area contributed by atoms with Crippen molar-refractivity contribution in [3.63, 3.8) is 0 Å². The fourth-order valence-electron chi connectivity index (χ4n) is 1.94. The van der Waals surface area contributed by atoms with E-state index in [0.717, 1.165) is 17.7 Å². The average Bonchev–Trinajstić information content (AvgIpc) is 2.49. The summed E-state index contributed by atoms with van der Waals surface area (Å²) >= 11 is 0. The Kier molecular flexibility index (Phi) is 4.93. The third kappa shape index (κ3) is 3.72. The van der Waals surface area contributed by atoms with Crippen molar-refractivity contribution < 1.29 is 18.3 Å². The van der Waals surface area contributed by atoms with Gasteiger partial charge >= 0.3 is 0 Å². The molecule has 0 radical (unpaired) electrons. The number of ether oxygens (including phenoxy) is 1. The number of carbonyl (C=O) groups excluding carboxylic acids is 1. The average molecular weight is 306 g/mol. The highest BCUT2D eigenvalue weighted by Gasteiger charge is 2.12. The maximum atomic E-state index is 13.5. The molecule has 2 N–H and O–H groups in total. The molecule has 0 heterocycles. The lowest BCUT2D eigenvalue weighted by molar-refractivity contribution is -0.114. The van der Waals surface area contributed by atoms with Crippen LogP contribution in [0.15, 0.2) is 36.4 Å². The van der Waals surface area contributed by atoms with E-state index in [1.165, 1.54) is 13.2 Å². The van der Waals surface area contributed by atoms with Crippen molar-refractivity contribution in [2.75, 3.05) is 24.3 Å². The number of hydrogen-bond donors (Lipinski definition) is 2. The smallest absolute Gasteiger partial charge is 0.243 e. The number of methoxy groups -OCH3 is 1. The second-order valence-electron chi connectivity index (χ2n) is 4.70. The minimum Gasteiger partial charge on any atom is -0.495 e. The zero-order valence-electron chi connectivity index (χ0n) is 12.2. The summed E-state index contributed by atoms with van der Waals surface area (Å²) in [5.74, 6) is -1.62. The normalized spacial score (nSPS) is 10.2. The van der Waals surface area contributed by atoms with E-state index in [0.29, 0.717) is 11.4 Å². The Bertz CT molecular complexity index is 670. The summed E-state index contributed by atoms with van der Waals surface area (Å²) < 4.78 is 32.1. The second kappa shape index (κ2) is 6.89. The van der Waals surface area contributed by atoms with Crippen LogP contribution in [0.4, 0.5) is 20.2 Å². The van der Waals surface area contributed by atoms with Crippen molar-refractivity contribution in [3.8, 4) is 5.75 Å². The molecule has 116 valence electrons. The molecule has 0 aliphatic carbocycles. The Hall–Kier alpha value is -2.63. The van der Waals surface area contributed by atoms with E-state index in [-0.39, 0.29) is 6.54 Å². The minimum atomic E-state index is -0.818. The van der Waals surface area contributed by atoms with Crippen LogP contribution in [0.1, 0.15) is 5.56 Å².